The zero-order valence-electron chi connectivity index (χ0n) is 8.90. The number of aliphatic hydroxyl groups is 1. The number of aliphatic hydroxyl groups excluding tert-OH is 1. The number of hydrogen-bond donors (Lipinski definition) is 4. The average Bonchev–Trinajstić information content (AvgIpc) is 2.93. The lowest BCUT2D eigenvalue weighted by Crippen LogP contribution is -2.16. The van der Waals surface area contributed by atoms with Crippen molar-refractivity contribution in [3.63, 3.8) is 0 Å². The van der Waals surface area contributed by atoms with Crippen molar-refractivity contribution in [3.05, 3.63) is 29.1 Å². The number of carboxylic acid groups (broad SMARTS) is 1. The van der Waals surface area contributed by atoms with Gasteiger partial charge in [0.25, 0.3) is 0 Å². The zero-order chi connectivity index (χ0) is 12.0. The minimum Gasteiger partial charge on any atom is -0.477 e. The number of fused-ring (bicyclic) bond motifs is 3. The minimum atomic E-state index is -1.05. The van der Waals surface area contributed by atoms with E-state index in [1.807, 2.05) is 6.07 Å². The van der Waals surface area contributed by atoms with Crippen molar-refractivity contribution >= 4 is 5.97 Å². The van der Waals surface area contributed by atoms with Crippen molar-refractivity contribution in [1.29, 1.82) is 0 Å². The van der Waals surface area contributed by atoms with Crippen LogP contribution in [0.3, 0.4) is 0 Å². The number of nitrogens with zero attached hydrogens (tertiary/aromatic N) is 1. The number of nitrogens with one attached hydrogen (secondary N) is 2. The Morgan fingerprint density at radius 2 is 2.41 bits per heavy atom. The van der Waals surface area contributed by atoms with Gasteiger partial charge in [-0.25, -0.2) is 4.79 Å². The molecule has 0 bridgehead atoms. The fraction of sp³-hybridized carbons (Fsp3) is 0.273. The Bertz CT molecular complexity index is 585. The van der Waals surface area contributed by atoms with Gasteiger partial charge in [0.1, 0.15) is 11.4 Å². The molecule has 0 amide bonds. The maximum absolute atomic E-state index is 11.1. The molecule has 1 aliphatic carbocycles. The van der Waals surface area contributed by atoms with E-state index in [2.05, 4.69) is 15.2 Å². The molecule has 0 aliphatic heterocycles. The van der Waals surface area contributed by atoms with Crippen LogP contribution < -0.4 is 0 Å². The highest BCUT2D eigenvalue weighted by Gasteiger charge is 2.32. The number of rotatable bonds is 2. The summed E-state index contributed by atoms with van der Waals surface area (Å²) in [5.41, 5.74) is 3.16. The zero-order valence-corrected chi connectivity index (χ0v) is 8.90. The van der Waals surface area contributed by atoms with Gasteiger partial charge >= 0.3 is 5.97 Å². The Morgan fingerprint density at radius 1 is 1.59 bits per heavy atom. The molecule has 1 aliphatic rings. The van der Waals surface area contributed by atoms with Gasteiger partial charge in [-0.1, -0.05) is 0 Å². The molecular formula is C11H11N3O3. The number of aromatic amines is 2. The lowest BCUT2D eigenvalue weighted by Gasteiger charge is -2.20. The number of carboxylic acids is 1. The molecule has 6 nitrogen and oxygen atoms in total. The molecule has 2 heterocycles. The molecule has 2 aromatic heterocycles. The van der Waals surface area contributed by atoms with Gasteiger partial charge < -0.3 is 15.2 Å². The summed E-state index contributed by atoms with van der Waals surface area (Å²) in [5.74, 6) is -1.26. The van der Waals surface area contributed by atoms with Crippen molar-refractivity contribution in [1.82, 2.24) is 15.2 Å². The molecule has 1 atom stereocenters. The van der Waals surface area contributed by atoms with Crippen molar-refractivity contribution in [2.24, 2.45) is 0 Å². The maximum atomic E-state index is 11.1. The Labute approximate surface area is 96.3 Å². The van der Waals surface area contributed by atoms with Crippen LogP contribution in [0.1, 0.15) is 27.5 Å². The lowest BCUT2D eigenvalue weighted by atomic mass is 9.84. The van der Waals surface area contributed by atoms with Gasteiger partial charge in [0.05, 0.1) is 12.3 Å². The van der Waals surface area contributed by atoms with Crippen molar-refractivity contribution in [2.45, 2.75) is 12.3 Å². The second-order valence-electron chi connectivity index (χ2n) is 4.13. The molecule has 6 heteroatoms. The topological polar surface area (TPSA) is 102 Å². The molecule has 88 valence electrons. The molecule has 0 radical (unpaired) electrons. The van der Waals surface area contributed by atoms with Crippen LogP contribution in [0.2, 0.25) is 0 Å². The summed E-state index contributed by atoms with van der Waals surface area (Å²) in [6.45, 7) is -0.0859. The Balaban J connectivity index is 2.24. The molecule has 3 rings (SSSR count). The molecule has 17 heavy (non-hydrogen) atoms. The molecule has 1 unspecified atom stereocenters. The Morgan fingerprint density at radius 3 is 3.12 bits per heavy atom. The fourth-order valence-electron chi connectivity index (χ4n) is 2.42. The van der Waals surface area contributed by atoms with Crippen molar-refractivity contribution < 1.29 is 15.0 Å². The van der Waals surface area contributed by atoms with Crippen LogP contribution in [-0.2, 0) is 6.42 Å². The highest BCUT2D eigenvalue weighted by molar-refractivity contribution is 5.90. The average molecular weight is 233 g/mol. The van der Waals surface area contributed by atoms with Crippen molar-refractivity contribution in [2.75, 3.05) is 6.61 Å². The first-order valence-electron chi connectivity index (χ1n) is 5.31. The number of aromatic nitrogens is 3. The first-order valence-corrected chi connectivity index (χ1v) is 5.31. The van der Waals surface area contributed by atoms with Crippen LogP contribution in [0.4, 0.5) is 0 Å². The van der Waals surface area contributed by atoms with Gasteiger partial charge in [-0.15, -0.1) is 0 Å². The summed E-state index contributed by atoms with van der Waals surface area (Å²) in [4.78, 5) is 14.1. The number of aromatic carboxylic acids is 1. The summed E-state index contributed by atoms with van der Waals surface area (Å²) in [5, 5.41) is 25.0. The van der Waals surface area contributed by atoms with Crippen LogP contribution in [-0.4, -0.2) is 38.0 Å². The second kappa shape index (κ2) is 3.46. The summed E-state index contributed by atoms with van der Waals surface area (Å²) >= 11 is 0. The number of hydrogen-bond acceptors (Lipinski definition) is 3. The molecule has 2 aromatic rings. The molecule has 4 N–H and O–H groups in total. The minimum absolute atomic E-state index is 0.0688. The van der Waals surface area contributed by atoms with E-state index in [1.54, 1.807) is 6.20 Å². The quantitative estimate of drug-likeness (QED) is 0.614. The van der Waals surface area contributed by atoms with E-state index in [4.69, 9.17) is 5.11 Å². The largest absolute Gasteiger partial charge is 0.477 e. The van der Waals surface area contributed by atoms with Gasteiger partial charge in [-0.2, -0.15) is 5.10 Å². The molecule has 0 aromatic carbocycles. The van der Waals surface area contributed by atoms with Gasteiger partial charge in [0.15, 0.2) is 0 Å². The van der Waals surface area contributed by atoms with E-state index in [-0.39, 0.29) is 18.2 Å². The highest BCUT2D eigenvalue weighted by atomic mass is 16.4. The third-order valence-electron chi connectivity index (χ3n) is 3.18. The van der Waals surface area contributed by atoms with Gasteiger partial charge in [0.2, 0.25) is 0 Å². The summed E-state index contributed by atoms with van der Waals surface area (Å²) < 4.78 is 0. The van der Waals surface area contributed by atoms with Gasteiger partial charge in [-0.05, 0) is 18.1 Å². The predicted octanol–water partition coefficient (Wildman–Crippen LogP) is 0.735. The van der Waals surface area contributed by atoms with Crippen LogP contribution >= 0.6 is 0 Å². The standard InChI is InChI=1S/C11H11N3O3/c15-4-6-3-5-1-2-12-8(5)9-7(6)10(11(16)17)14-13-9/h1-2,6,12,15H,3-4H2,(H,13,14)(H,16,17). The molecular weight excluding hydrogens is 222 g/mol. The predicted molar refractivity (Wildman–Crippen MR) is 58.9 cm³/mol. The lowest BCUT2D eigenvalue weighted by molar-refractivity contribution is 0.0688. The SMILES string of the molecule is O=C(O)c1[nH]nc2c1C(CO)Cc1cc[nH]c1-2. The van der Waals surface area contributed by atoms with Crippen molar-refractivity contribution in [3.8, 4) is 11.4 Å². The van der Waals surface area contributed by atoms with Crippen LogP contribution in [0.25, 0.3) is 11.4 Å². The maximum Gasteiger partial charge on any atom is 0.354 e. The number of carbonyl (C=O) groups is 1. The summed E-state index contributed by atoms with van der Waals surface area (Å²) in [6.07, 6.45) is 2.42. The fourth-order valence-corrected chi connectivity index (χ4v) is 2.42. The normalized spacial score (nSPS) is 17.6. The first-order chi connectivity index (χ1) is 8.22. The molecule has 0 saturated carbocycles. The van der Waals surface area contributed by atoms with Crippen LogP contribution in [0.5, 0.6) is 0 Å². The monoisotopic (exact) mass is 233 g/mol. The third kappa shape index (κ3) is 1.31. The summed E-state index contributed by atoms with van der Waals surface area (Å²) in [6, 6.07) is 1.93. The van der Waals surface area contributed by atoms with Gasteiger partial charge in [-0.3, -0.25) is 5.10 Å². The van der Waals surface area contributed by atoms with E-state index in [0.29, 0.717) is 17.7 Å². The molecule has 0 saturated heterocycles. The summed E-state index contributed by atoms with van der Waals surface area (Å²) in [7, 11) is 0. The molecule has 0 spiro atoms. The highest BCUT2D eigenvalue weighted by Crippen LogP contribution is 2.39. The second-order valence-corrected chi connectivity index (χ2v) is 4.13. The van der Waals surface area contributed by atoms with E-state index in [0.717, 1.165) is 11.3 Å². The van der Waals surface area contributed by atoms with E-state index < -0.39 is 5.97 Å². The molecule has 0 fully saturated rings. The Kier molecular flexibility index (Phi) is 2.05. The smallest absolute Gasteiger partial charge is 0.354 e. The van der Waals surface area contributed by atoms with Crippen LogP contribution in [0.15, 0.2) is 12.3 Å². The number of H-pyrrole nitrogens is 2. The van der Waals surface area contributed by atoms with Crippen LogP contribution in [0, 0.1) is 0 Å². The van der Waals surface area contributed by atoms with E-state index in [9.17, 15) is 9.90 Å². The van der Waals surface area contributed by atoms with E-state index >= 15 is 0 Å². The van der Waals surface area contributed by atoms with E-state index in [1.165, 1.54) is 0 Å². The van der Waals surface area contributed by atoms with Gasteiger partial charge in [0, 0.05) is 17.7 Å². The first kappa shape index (κ1) is 10.1. The third-order valence-corrected chi connectivity index (χ3v) is 3.18. The Hall–Kier alpha value is -2.08.